The number of carbonyl (C=O) groups excluding carboxylic acids is 2. The van der Waals surface area contributed by atoms with Crippen molar-refractivity contribution in [2.75, 3.05) is 13.2 Å². The number of ether oxygens (including phenoxy) is 3. The highest BCUT2D eigenvalue weighted by Gasteiger charge is 2.47. The molecule has 8 atom stereocenters. The molecule has 1 heterocycles. The highest BCUT2D eigenvalue weighted by molar-refractivity contribution is 5.80. The zero-order chi connectivity index (χ0) is 64.6. The van der Waals surface area contributed by atoms with E-state index in [0.717, 1.165) is 122 Å². The van der Waals surface area contributed by atoms with Gasteiger partial charge >= 0.3 is 5.97 Å². The van der Waals surface area contributed by atoms with Gasteiger partial charge in [0.05, 0.1) is 25.4 Å². The van der Waals surface area contributed by atoms with Gasteiger partial charge in [-0.2, -0.15) is 0 Å². The van der Waals surface area contributed by atoms with E-state index in [2.05, 4.69) is 111 Å². The number of amides is 1. The minimum Gasteiger partial charge on any atom is -0.454 e. The van der Waals surface area contributed by atoms with Gasteiger partial charge in [0.25, 0.3) is 0 Å². The van der Waals surface area contributed by atoms with Crippen molar-refractivity contribution in [3.05, 3.63) is 97.2 Å². The normalized spacial score (nSPS) is 18.7. The molecule has 0 aromatic carbocycles. The van der Waals surface area contributed by atoms with E-state index in [1.165, 1.54) is 154 Å². The van der Waals surface area contributed by atoms with Crippen molar-refractivity contribution < 1.29 is 49.3 Å². The van der Waals surface area contributed by atoms with Crippen LogP contribution >= 0.6 is 0 Å². The number of aliphatic hydroxyl groups excluding tert-OH is 5. The topological polar surface area (TPSA) is 175 Å². The summed E-state index contributed by atoms with van der Waals surface area (Å²) in [5.74, 6) is -1.20. The number of unbranched alkanes of at least 4 members (excludes halogenated alkanes) is 35. The van der Waals surface area contributed by atoms with Crippen LogP contribution in [0.1, 0.15) is 323 Å². The van der Waals surface area contributed by atoms with Gasteiger partial charge in [-0.15, -0.1) is 0 Å². The van der Waals surface area contributed by atoms with Crippen molar-refractivity contribution in [1.29, 1.82) is 0 Å². The average molecular weight is 1250 g/mol. The molecular formula is C78H137NO10. The summed E-state index contributed by atoms with van der Waals surface area (Å²) in [6.07, 6.45) is 77.4. The van der Waals surface area contributed by atoms with Gasteiger partial charge in [-0.25, -0.2) is 0 Å². The average Bonchev–Trinajstić information content (AvgIpc) is 1.97. The van der Waals surface area contributed by atoms with Gasteiger partial charge in [0.2, 0.25) is 5.91 Å². The smallest absolute Gasteiger partial charge is 0.306 e. The number of hydrogen-bond donors (Lipinski definition) is 6. The number of hydrogen-bond acceptors (Lipinski definition) is 10. The van der Waals surface area contributed by atoms with E-state index in [9.17, 15) is 35.1 Å². The van der Waals surface area contributed by atoms with E-state index in [4.69, 9.17) is 14.2 Å². The predicted molar refractivity (Wildman–Crippen MR) is 375 cm³/mol. The van der Waals surface area contributed by atoms with Crippen LogP contribution < -0.4 is 5.32 Å². The number of carbonyl (C=O) groups is 2. The van der Waals surface area contributed by atoms with Crippen LogP contribution in [0.5, 0.6) is 0 Å². The van der Waals surface area contributed by atoms with Crippen molar-refractivity contribution in [2.45, 2.75) is 372 Å². The van der Waals surface area contributed by atoms with Crippen LogP contribution in [-0.2, 0) is 23.8 Å². The molecule has 89 heavy (non-hydrogen) atoms. The Morgan fingerprint density at radius 3 is 1.24 bits per heavy atom. The lowest BCUT2D eigenvalue weighted by atomic mass is 9.99. The number of allylic oxidation sites excluding steroid dienone is 15. The lowest BCUT2D eigenvalue weighted by Crippen LogP contribution is -2.61. The Morgan fingerprint density at radius 1 is 0.449 bits per heavy atom. The molecule has 1 fully saturated rings. The third-order valence-electron chi connectivity index (χ3n) is 17.0. The summed E-state index contributed by atoms with van der Waals surface area (Å²) in [6.45, 7) is 5.67. The second-order valence-corrected chi connectivity index (χ2v) is 25.3. The van der Waals surface area contributed by atoms with E-state index < -0.39 is 67.4 Å². The molecule has 1 aliphatic rings. The van der Waals surface area contributed by atoms with E-state index in [-0.39, 0.29) is 19.4 Å². The summed E-state index contributed by atoms with van der Waals surface area (Å²) >= 11 is 0. The van der Waals surface area contributed by atoms with Gasteiger partial charge in [0, 0.05) is 6.42 Å². The van der Waals surface area contributed by atoms with Crippen LogP contribution in [-0.4, -0.2) is 99.6 Å². The molecule has 1 rings (SSSR count). The second-order valence-electron chi connectivity index (χ2n) is 25.3. The van der Waals surface area contributed by atoms with Crippen molar-refractivity contribution in [3.8, 4) is 0 Å². The van der Waals surface area contributed by atoms with E-state index in [1.54, 1.807) is 6.08 Å². The molecule has 0 bridgehead atoms. The molecule has 0 saturated carbocycles. The van der Waals surface area contributed by atoms with Crippen LogP contribution in [0.2, 0.25) is 0 Å². The SMILES string of the molecule is CC/C=C\C/C=C\C/C=C\C/C=C\C/C=C\CCCCCCCCCC(=O)OC1C(OCC(NC(=O)C(O)CCCCCCCCCCCCCCCCCC/C=C\C/C=C\CCCCC)C(O)/C=C/CCCCCCCCCCC)OC(CO)C(O)C1O. The summed E-state index contributed by atoms with van der Waals surface area (Å²) in [5, 5.41) is 57.3. The van der Waals surface area contributed by atoms with Crippen LogP contribution in [0.15, 0.2) is 97.2 Å². The number of esters is 1. The van der Waals surface area contributed by atoms with Crippen molar-refractivity contribution in [2.24, 2.45) is 0 Å². The Hall–Kier alpha value is -3.42. The van der Waals surface area contributed by atoms with Gasteiger partial charge in [0.1, 0.15) is 24.4 Å². The third kappa shape index (κ3) is 51.7. The summed E-state index contributed by atoms with van der Waals surface area (Å²) in [4.78, 5) is 26.7. The Labute approximate surface area is 546 Å². The molecule has 0 aromatic heterocycles. The fraction of sp³-hybridized carbons (Fsp3) is 0.769. The number of nitrogens with one attached hydrogen (secondary N) is 1. The van der Waals surface area contributed by atoms with Crippen LogP contribution in [0.4, 0.5) is 0 Å². The Kier molecular flexibility index (Phi) is 60.7. The van der Waals surface area contributed by atoms with Crippen molar-refractivity contribution in [1.82, 2.24) is 5.32 Å². The fourth-order valence-corrected chi connectivity index (χ4v) is 11.2. The predicted octanol–water partition coefficient (Wildman–Crippen LogP) is 19.4. The first kappa shape index (κ1) is 83.6. The lowest BCUT2D eigenvalue weighted by Gasteiger charge is -2.41. The van der Waals surface area contributed by atoms with Crippen LogP contribution in [0.25, 0.3) is 0 Å². The van der Waals surface area contributed by atoms with Crippen molar-refractivity contribution in [3.63, 3.8) is 0 Å². The molecule has 0 aliphatic carbocycles. The maximum Gasteiger partial charge on any atom is 0.306 e. The summed E-state index contributed by atoms with van der Waals surface area (Å²) in [7, 11) is 0. The minimum atomic E-state index is -1.62. The quantitative estimate of drug-likeness (QED) is 0.0195. The van der Waals surface area contributed by atoms with Crippen molar-refractivity contribution >= 4 is 11.9 Å². The molecule has 6 N–H and O–H groups in total. The first-order valence-electron chi connectivity index (χ1n) is 37.0. The molecule has 1 aliphatic heterocycles. The molecule has 11 heteroatoms. The Bertz CT molecular complexity index is 1820. The zero-order valence-electron chi connectivity index (χ0n) is 57.3. The molecule has 0 radical (unpaired) electrons. The Balaban J connectivity index is 2.53. The molecule has 8 unspecified atom stereocenters. The van der Waals surface area contributed by atoms with Crippen LogP contribution in [0.3, 0.4) is 0 Å². The monoisotopic (exact) mass is 1250 g/mol. The minimum absolute atomic E-state index is 0.107. The molecule has 1 saturated heterocycles. The fourth-order valence-electron chi connectivity index (χ4n) is 11.2. The van der Waals surface area contributed by atoms with Crippen LogP contribution in [0, 0.1) is 0 Å². The zero-order valence-corrected chi connectivity index (χ0v) is 57.3. The first-order chi connectivity index (χ1) is 43.7. The molecule has 0 spiro atoms. The molecule has 1 amide bonds. The maximum atomic E-state index is 13.5. The Morgan fingerprint density at radius 2 is 0.809 bits per heavy atom. The third-order valence-corrected chi connectivity index (χ3v) is 17.0. The summed E-state index contributed by atoms with van der Waals surface area (Å²) in [6, 6.07) is -1.03. The summed E-state index contributed by atoms with van der Waals surface area (Å²) in [5.41, 5.74) is 0. The standard InChI is InChI=1S/C78H137NO10/c1-4-7-10-13-16-19-22-24-26-28-30-32-34-35-36-38-39-41-43-45-47-50-53-56-59-62-65-71(82)77(86)79-69(70(81)64-61-58-55-52-49-21-18-15-12-9-6-3)68-87-78-76(75(85)74(84)72(67-80)88-78)89-73(83)66-63-60-57-54-51-48-46-44-42-40-37-33-31-29-27-25-23-20-17-14-11-8-5-2/h8,11,16-17,19-20,24-27,31,33,40,42,61,64,69-72,74-76,78,80-82,84-85H,4-7,9-10,12-15,18,21-23,28-30,32,34-39,41,43-60,62-63,65-68H2,1-3H3,(H,79,86)/b11-8-,19-16-,20-17-,26-24-,27-25-,33-31-,42-40-,64-61+. The first-order valence-corrected chi connectivity index (χ1v) is 37.0. The molecule has 11 nitrogen and oxygen atoms in total. The lowest BCUT2D eigenvalue weighted by molar-refractivity contribution is -0.305. The molecule has 514 valence electrons. The molecule has 0 aromatic rings. The maximum absolute atomic E-state index is 13.5. The van der Waals surface area contributed by atoms with Gasteiger partial charge in [-0.05, 0) is 103 Å². The van der Waals surface area contributed by atoms with E-state index in [0.29, 0.717) is 12.8 Å². The largest absolute Gasteiger partial charge is 0.454 e. The van der Waals surface area contributed by atoms with Gasteiger partial charge < -0.3 is 45.1 Å². The van der Waals surface area contributed by atoms with Gasteiger partial charge in [0.15, 0.2) is 12.4 Å². The second kappa shape index (κ2) is 64.7. The van der Waals surface area contributed by atoms with Gasteiger partial charge in [-0.3, -0.25) is 9.59 Å². The highest BCUT2D eigenvalue weighted by atomic mass is 16.7. The van der Waals surface area contributed by atoms with Gasteiger partial charge in [-0.1, -0.05) is 311 Å². The van der Waals surface area contributed by atoms with E-state index >= 15 is 0 Å². The van der Waals surface area contributed by atoms with E-state index in [1.807, 2.05) is 6.08 Å². The highest BCUT2D eigenvalue weighted by Crippen LogP contribution is 2.26. The summed E-state index contributed by atoms with van der Waals surface area (Å²) < 4.78 is 17.7. The molecular weight excluding hydrogens is 1110 g/mol. The number of aliphatic hydroxyl groups is 5. The number of rotatable bonds is 63.